The molecule has 0 aromatic carbocycles. The Morgan fingerprint density at radius 1 is 0.900 bits per heavy atom. The van der Waals surface area contributed by atoms with E-state index in [1.807, 2.05) is 0 Å². The van der Waals surface area contributed by atoms with E-state index in [1.54, 1.807) is 13.8 Å². The zero-order chi connectivity index (χ0) is 23.6. The van der Waals surface area contributed by atoms with Gasteiger partial charge in [-0.2, -0.15) is 12.6 Å². The molecule has 8 N–H and O–H groups in total. The first kappa shape index (κ1) is 27.6. The zero-order valence-electron chi connectivity index (χ0n) is 17.0. The maximum atomic E-state index is 12.6. The quantitative estimate of drug-likeness (QED) is 0.141. The van der Waals surface area contributed by atoms with Crippen molar-refractivity contribution in [2.24, 2.45) is 11.7 Å². The highest BCUT2D eigenvalue weighted by Crippen LogP contribution is 2.07. The third kappa shape index (κ3) is 9.89. The lowest BCUT2D eigenvalue weighted by Gasteiger charge is -2.25. The largest absolute Gasteiger partial charge is 0.481 e. The van der Waals surface area contributed by atoms with Gasteiger partial charge < -0.3 is 37.0 Å². The van der Waals surface area contributed by atoms with Crippen molar-refractivity contribution in [3.63, 3.8) is 0 Å². The standard InChI is InChI=1S/C17H30N4O8S/c1-7(2)4-10(19-14(25)9(18)5-12(23)24)15(26)20-11(6-30)16(27)21-13(8(3)22)17(28)29/h7-11,13,22,30H,4-6,18H2,1-3H3,(H,19,25)(H,20,26)(H,21,27)(H,23,24)(H,28,29). The Bertz CT molecular complexity index is 643. The van der Waals surface area contributed by atoms with E-state index in [1.165, 1.54) is 6.92 Å². The summed E-state index contributed by atoms with van der Waals surface area (Å²) in [5.41, 5.74) is 5.50. The Kier molecular flexibility index (Phi) is 12.0. The third-order valence-electron chi connectivity index (χ3n) is 3.93. The molecule has 0 fully saturated rings. The van der Waals surface area contributed by atoms with E-state index < -0.39 is 66.4 Å². The van der Waals surface area contributed by atoms with Gasteiger partial charge >= 0.3 is 11.9 Å². The van der Waals surface area contributed by atoms with Crippen molar-refractivity contribution in [3.8, 4) is 0 Å². The maximum Gasteiger partial charge on any atom is 0.328 e. The van der Waals surface area contributed by atoms with Crippen LogP contribution < -0.4 is 21.7 Å². The Morgan fingerprint density at radius 2 is 1.40 bits per heavy atom. The minimum absolute atomic E-state index is 0.0494. The molecule has 5 atom stereocenters. The second-order valence-electron chi connectivity index (χ2n) is 7.20. The van der Waals surface area contributed by atoms with Crippen molar-refractivity contribution in [1.29, 1.82) is 0 Å². The predicted octanol–water partition coefficient (Wildman–Crippen LogP) is -2.32. The second kappa shape index (κ2) is 13.0. The minimum atomic E-state index is -1.59. The van der Waals surface area contributed by atoms with E-state index in [9.17, 15) is 29.1 Å². The number of carboxylic acids is 2. The maximum absolute atomic E-state index is 12.6. The van der Waals surface area contributed by atoms with Crippen molar-refractivity contribution in [2.75, 3.05) is 5.75 Å². The Morgan fingerprint density at radius 3 is 1.80 bits per heavy atom. The highest BCUT2D eigenvalue weighted by molar-refractivity contribution is 7.80. The number of hydrogen-bond acceptors (Lipinski definition) is 8. The predicted molar refractivity (Wildman–Crippen MR) is 109 cm³/mol. The van der Waals surface area contributed by atoms with Gasteiger partial charge in [-0.25, -0.2) is 4.79 Å². The number of amides is 3. The number of aliphatic carboxylic acids is 2. The van der Waals surface area contributed by atoms with Crippen molar-refractivity contribution < 1.29 is 39.3 Å². The molecule has 172 valence electrons. The van der Waals surface area contributed by atoms with E-state index in [0.717, 1.165) is 0 Å². The summed E-state index contributed by atoms with van der Waals surface area (Å²) in [6.45, 7) is 4.75. The molecule has 0 spiro atoms. The van der Waals surface area contributed by atoms with Crippen LogP contribution in [0.15, 0.2) is 0 Å². The van der Waals surface area contributed by atoms with Crippen molar-refractivity contribution in [2.45, 2.75) is 63.9 Å². The first-order chi connectivity index (χ1) is 13.8. The zero-order valence-corrected chi connectivity index (χ0v) is 17.9. The van der Waals surface area contributed by atoms with Crippen LogP contribution in [0.1, 0.15) is 33.6 Å². The van der Waals surface area contributed by atoms with Crippen LogP contribution in [0.3, 0.4) is 0 Å². The highest BCUT2D eigenvalue weighted by Gasteiger charge is 2.31. The fourth-order valence-electron chi connectivity index (χ4n) is 2.37. The molecule has 0 saturated heterocycles. The van der Waals surface area contributed by atoms with Gasteiger partial charge in [-0.05, 0) is 19.3 Å². The fourth-order valence-corrected chi connectivity index (χ4v) is 2.63. The van der Waals surface area contributed by atoms with E-state index in [-0.39, 0.29) is 18.1 Å². The van der Waals surface area contributed by atoms with Gasteiger partial charge in [0.2, 0.25) is 17.7 Å². The molecule has 0 saturated carbocycles. The molecule has 0 radical (unpaired) electrons. The van der Waals surface area contributed by atoms with Crippen LogP contribution in [0.2, 0.25) is 0 Å². The molecule has 0 aromatic rings. The van der Waals surface area contributed by atoms with E-state index in [4.69, 9.17) is 15.9 Å². The number of hydrogen-bond donors (Lipinski definition) is 8. The summed E-state index contributed by atoms with van der Waals surface area (Å²) in [5, 5.41) is 34.1. The van der Waals surface area contributed by atoms with E-state index in [2.05, 4.69) is 28.6 Å². The number of rotatable bonds is 13. The Balaban J connectivity index is 5.25. The number of nitrogens with one attached hydrogen (secondary N) is 3. The number of carbonyl (C=O) groups is 5. The lowest BCUT2D eigenvalue weighted by molar-refractivity contribution is -0.145. The fraction of sp³-hybridized carbons (Fsp3) is 0.706. The molecule has 0 aliphatic rings. The number of aliphatic hydroxyl groups excluding tert-OH is 1. The minimum Gasteiger partial charge on any atom is -0.481 e. The van der Waals surface area contributed by atoms with Crippen LogP contribution >= 0.6 is 12.6 Å². The summed E-state index contributed by atoms with van der Waals surface area (Å²) in [5.74, 6) is -5.45. The summed E-state index contributed by atoms with van der Waals surface area (Å²) in [4.78, 5) is 58.8. The normalized spacial score (nSPS) is 16.0. The van der Waals surface area contributed by atoms with Crippen LogP contribution in [-0.2, 0) is 24.0 Å². The molecule has 0 rings (SSSR count). The van der Waals surface area contributed by atoms with E-state index >= 15 is 0 Å². The van der Waals surface area contributed by atoms with Crippen LogP contribution in [0.5, 0.6) is 0 Å². The summed E-state index contributed by atoms with van der Waals surface area (Å²) < 4.78 is 0. The van der Waals surface area contributed by atoms with Gasteiger partial charge in [-0.15, -0.1) is 0 Å². The molecule has 13 heteroatoms. The van der Waals surface area contributed by atoms with Crippen molar-refractivity contribution in [1.82, 2.24) is 16.0 Å². The van der Waals surface area contributed by atoms with Gasteiger partial charge in [-0.3, -0.25) is 19.2 Å². The van der Waals surface area contributed by atoms with Gasteiger partial charge in [-0.1, -0.05) is 13.8 Å². The summed E-state index contributed by atoms with van der Waals surface area (Å²) >= 11 is 3.98. The second-order valence-corrected chi connectivity index (χ2v) is 7.57. The van der Waals surface area contributed by atoms with Crippen LogP contribution in [0.25, 0.3) is 0 Å². The molecule has 12 nitrogen and oxygen atoms in total. The van der Waals surface area contributed by atoms with Gasteiger partial charge in [0.1, 0.15) is 12.1 Å². The van der Waals surface area contributed by atoms with Crippen molar-refractivity contribution in [3.05, 3.63) is 0 Å². The van der Waals surface area contributed by atoms with E-state index in [0.29, 0.717) is 0 Å². The van der Waals surface area contributed by atoms with Crippen LogP contribution in [0.4, 0.5) is 0 Å². The molecule has 0 aliphatic heterocycles. The first-order valence-electron chi connectivity index (χ1n) is 9.20. The van der Waals surface area contributed by atoms with Gasteiger partial charge in [0.25, 0.3) is 0 Å². The summed E-state index contributed by atoms with van der Waals surface area (Å²) in [6, 6.07) is -5.31. The molecular weight excluding hydrogens is 420 g/mol. The monoisotopic (exact) mass is 450 g/mol. The average molecular weight is 451 g/mol. The molecule has 0 bridgehead atoms. The number of carboxylic acid groups (broad SMARTS) is 2. The molecule has 0 heterocycles. The molecular formula is C17H30N4O8S. The number of thiol groups is 1. The smallest absolute Gasteiger partial charge is 0.328 e. The van der Waals surface area contributed by atoms with Crippen LogP contribution in [0, 0.1) is 5.92 Å². The number of aliphatic hydroxyl groups is 1. The third-order valence-corrected chi connectivity index (χ3v) is 4.30. The Labute approximate surface area is 179 Å². The Hall–Kier alpha value is -2.38. The molecule has 30 heavy (non-hydrogen) atoms. The topological polar surface area (TPSA) is 208 Å². The van der Waals surface area contributed by atoms with Crippen LogP contribution in [-0.4, -0.2) is 81.0 Å². The lowest BCUT2D eigenvalue weighted by Crippen LogP contribution is -2.59. The van der Waals surface area contributed by atoms with Gasteiger partial charge in [0.15, 0.2) is 6.04 Å². The first-order valence-corrected chi connectivity index (χ1v) is 9.83. The number of carbonyl (C=O) groups excluding carboxylic acids is 3. The van der Waals surface area contributed by atoms with Gasteiger partial charge in [0, 0.05) is 5.75 Å². The number of nitrogens with two attached hydrogens (primary N) is 1. The van der Waals surface area contributed by atoms with Crippen molar-refractivity contribution >= 4 is 42.3 Å². The lowest BCUT2D eigenvalue weighted by atomic mass is 10.0. The highest BCUT2D eigenvalue weighted by atomic mass is 32.1. The summed E-state index contributed by atoms with van der Waals surface area (Å²) in [6.07, 6.45) is -1.84. The molecule has 0 aromatic heterocycles. The average Bonchev–Trinajstić information content (AvgIpc) is 2.61. The molecule has 3 amide bonds. The van der Waals surface area contributed by atoms with Gasteiger partial charge in [0.05, 0.1) is 18.6 Å². The molecule has 0 aliphatic carbocycles. The summed E-state index contributed by atoms with van der Waals surface area (Å²) in [7, 11) is 0. The SMILES string of the molecule is CC(C)CC(NC(=O)C(N)CC(=O)O)C(=O)NC(CS)C(=O)NC(C(=O)O)C(C)O. The molecule has 5 unspecified atom stereocenters.